The van der Waals surface area contributed by atoms with Crippen LogP contribution in [0.2, 0.25) is 0 Å². The molecule has 3 rings (SSSR count). The number of carbonyl (C=O) groups is 1. The predicted molar refractivity (Wildman–Crippen MR) is 83.6 cm³/mol. The zero-order valence-corrected chi connectivity index (χ0v) is 12.6. The van der Waals surface area contributed by atoms with Gasteiger partial charge in [-0.2, -0.15) is 0 Å². The van der Waals surface area contributed by atoms with Gasteiger partial charge in [0.1, 0.15) is 0 Å². The van der Waals surface area contributed by atoms with Gasteiger partial charge in [0.2, 0.25) is 0 Å². The topological polar surface area (TPSA) is 52.3 Å². The van der Waals surface area contributed by atoms with Gasteiger partial charge in [0, 0.05) is 12.5 Å². The van der Waals surface area contributed by atoms with E-state index in [9.17, 15) is 4.79 Å². The van der Waals surface area contributed by atoms with Gasteiger partial charge in [0.25, 0.3) is 0 Å². The lowest BCUT2D eigenvalue weighted by molar-refractivity contribution is 0.0600. The van der Waals surface area contributed by atoms with Crippen LogP contribution in [0.1, 0.15) is 38.5 Å². The Morgan fingerprint density at radius 3 is 2.62 bits per heavy atom. The van der Waals surface area contributed by atoms with Gasteiger partial charge < -0.3 is 10.5 Å². The molecule has 2 aromatic rings. The zero-order chi connectivity index (χ0) is 15.1. The number of fused-ring (bicyclic) bond motifs is 3. The van der Waals surface area contributed by atoms with Gasteiger partial charge >= 0.3 is 5.97 Å². The molecule has 1 atom stereocenters. The SMILES string of the molecule is COC(=O)c1ccc2c(c1)C(CN)c1ccc(C)c(C)c1-2. The molecule has 2 aromatic carbocycles. The first-order valence-electron chi connectivity index (χ1n) is 7.11. The van der Waals surface area contributed by atoms with Crippen LogP contribution < -0.4 is 5.73 Å². The third-order valence-corrected chi connectivity index (χ3v) is 4.50. The fourth-order valence-electron chi connectivity index (χ4n) is 3.23. The van der Waals surface area contributed by atoms with Gasteiger partial charge in [0.15, 0.2) is 0 Å². The average Bonchev–Trinajstić information content (AvgIpc) is 2.83. The highest BCUT2D eigenvalue weighted by molar-refractivity contribution is 5.92. The van der Waals surface area contributed by atoms with Crippen molar-refractivity contribution in [3.05, 3.63) is 58.1 Å². The molecule has 0 amide bonds. The molecule has 0 bridgehead atoms. The van der Waals surface area contributed by atoms with E-state index in [1.54, 1.807) is 0 Å². The molecule has 0 saturated heterocycles. The molecule has 0 aliphatic heterocycles. The first-order chi connectivity index (χ1) is 10.1. The van der Waals surface area contributed by atoms with E-state index in [4.69, 9.17) is 10.5 Å². The summed E-state index contributed by atoms with van der Waals surface area (Å²) in [5.41, 5.74) is 14.0. The Hall–Kier alpha value is -2.13. The van der Waals surface area contributed by atoms with E-state index in [0.717, 1.165) is 5.56 Å². The van der Waals surface area contributed by atoms with Crippen molar-refractivity contribution in [2.45, 2.75) is 19.8 Å². The Kier molecular flexibility index (Phi) is 3.30. The van der Waals surface area contributed by atoms with Crippen molar-refractivity contribution in [1.82, 2.24) is 0 Å². The number of nitrogens with two attached hydrogens (primary N) is 1. The van der Waals surface area contributed by atoms with Gasteiger partial charge in [-0.05, 0) is 59.4 Å². The van der Waals surface area contributed by atoms with Crippen LogP contribution in [0.5, 0.6) is 0 Å². The molecule has 0 aromatic heterocycles. The number of hydrogen-bond acceptors (Lipinski definition) is 3. The monoisotopic (exact) mass is 281 g/mol. The van der Waals surface area contributed by atoms with Crippen LogP contribution in [0, 0.1) is 13.8 Å². The molecule has 21 heavy (non-hydrogen) atoms. The van der Waals surface area contributed by atoms with Crippen molar-refractivity contribution < 1.29 is 9.53 Å². The molecule has 0 spiro atoms. The van der Waals surface area contributed by atoms with Crippen molar-refractivity contribution in [3.63, 3.8) is 0 Å². The van der Waals surface area contributed by atoms with E-state index in [1.807, 2.05) is 18.2 Å². The van der Waals surface area contributed by atoms with Crippen LogP contribution in [0.15, 0.2) is 30.3 Å². The average molecular weight is 281 g/mol. The molecule has 3 heteroatoms. The largest absolute Gasteiger partial charge is 0.465 e. The zero-order valence-electron chi connectivity index (χ0n) is 12.6. The van der Waals surface area contributed by atoms with Crippen LogP contribution >= 0.6 is 0 Å². The van der Waals surface area contributed by atoms with Gasteiger partial charge in [-0.1, -0.05) is 18.2 Å². The van der Waals surface area contributed by atoms with E-state index in [-0.39, 0.29) is 11.9 Å². The van der Waals surface area contributed by atoms with Crippen LogP contribution in [0.4, 0.5) is 0 Å². The standard InChI is InChI=1S/C18H19NO2/c1-10-4-6-14-16(9-19)15-8-12(18(20)21-3)5-7-13(15)17(14)11(10)2/h4-8,16H,9,19H2,1-3H3. The van der Waals surface area contributed by atoms with E-state index in [0.29, 0.717) is 12.1 Å². The number of rotatable bonds is 2. The summed E-state index contributed by atoms with van der Waals surface area (Å²) in [6, 6.07) is 10.1. The second-order valence-corrected chi connectivity index (χ2v) is 5.55. The molecule has 2 N–H and O–H groups in total. The Labute approximate surface area is 124 Å². The highest BCUT2D eigenvalue weighted by Crippen LogP contribution is 2.46. The summed E-state index contributed by atoms with van der Waals surface area (Å²) in [7, 11) is 1.40. The second-order valence-electron chi connectivity index (χ2n) is 5.55. The van der Waals surface area contributed by atoms with Crippen molar-refractivity contribution in [1.29, 1.82) is 0 Å². The highest BCUT2D eigenvalue weighted by Gasteiger charge is 2.30. The van der Waals surface area contributed by atoms with Gasteiger partial charge in [-0.3, -0.25) is 0 Å². The second kappa shape index (κ2) is 5.01. The summed E-state index contributed by atoms with van der Waals surface area (Å²) in [4.78, 5) is 11.7. The summed E-state index contributed by atoms with van der Waals surface area (Å²) in [6.45, 7) is 4.80. The maximum Gasteiger partial charge on any atom is 0.337 e. The Balaban J connectivity index is 2.24. The van der Waals surface area contributed by atoms with Crippen molar-refractivity contribution in [2.24, 2.45) is 5.73 Å². The number of aryl methyl sites for hydroxylation is 1. The summed E-state index contributed by atoms with van der Waals surface area (Å²) in [5, 5.41) is 0. The van der Waals surface area contributed by atoms with Gasteiger partial charge in [0.05, 0.1) is 12.7 Å². The molecule has 0 heterocycles. The van der Waals surface area contributed by atoms with Gasteiger partial charge in [-0.25, -0.2) is 4.79 Å². The maximum atomic E-state index is 11.7. The smallest absolute Gasteiger partial charge is 0.337 e. The maximum absolute atomic E-state index is 11.7. The van der Waals surface area contributed by atoms with E-state index >= 15 is 0 Å². The highest BCUT2D eigenvalue weighted by atomic mass is 16.5. The Morgan fingerprint density at radius 1 is 1.19 bits per heavy atom. The van der Waals surface area contributed by atoms with Crippen molar-refractivity contribution in [2.75, 3.05) is 13.7 Å². The lowest BCUT2D eigenvalue weighted by atomic mass is 9.94. The summed E-state index contributed by atoms with van der Waals surface area (Å²) < 4.78 is 4.81. The first-order valence-corrected chi connectivity index (χ1v) is 7.11. The fraction of sp³-hybridized carbons (Fsp3) is 0.278. The molecule has 0 fully saturated rings. The molecule has 0 radical (unpaired) electrons. The Morgan fingerprint density at radius 2 is 1.95 bits per heavy atom. The number of ether oxygens (including phenoxy) is 1. The number of hydrogen-bond donors (Lipinski definition) is 1. The number of carbonyl (C=O) groups excluding carboxylic acids is 1. The molecule has 1 aliphatic carbocycles. The van der Waals surface area contributed by atoms with Crippen LogP contribution in [-0.2, 0) is 4.74 Å². The summed E-state index contributed by atoms with van der Waals surface area (Å²) >= 11 is 0. The number of methoxy groups -OCH3 is 1. The minimum absolute atomic E-state index is 0.152. The van der Waals surface area contributed by atoms with Crippen molar-refractivity contribution >= 4 is 5.97 Å². The molecular weight excluding hydrogens is 262 g/mol. The molecular formula is C18H19NO2. The third-order valence-electron chi connectivity index (χ3n) is 4.50. The minimum Gasteiger partial charge on any atom is -0.465 e. The number of esters is 1. The van der Waals surface area contributed by atoms with Crippen LogP contribution in [0.3, 0.4) is 0 Å². The Bertz CT molecular complexity index is 734. The fourth-order valence-corrected chi connectivity index (χ4v) is 3.23. The van der Waals surface area contributed by atoms with Crippen LogP contribution in [0.25, 0.3) is 11.1 Å². The predicted octanol–water partition coefficient (Wildman–Crippen LogP) is 3.16. The molecule has 0 saturated carbocycles. The molecule has 3 nitrogen and oxygen atoms in total. The third kappa shape index (κ3) is 1.96. The molecule has 108 valence electrons. The summed E-state index contributed by atoms with van der Waals surface area (Å²) in [5.74, 6) is -0.156. The molecule has 1 aliphatic rings. The minimum atomic E-state index is -0.308. The van der Waals surface area contributed by atoms with Crippen molar-refractivity contribution in [3.8, 4) is 11.1 Å². The molecule has 1 unspecified atom stereocenters. The quantitative estimate of drug-likeness (QED) is 0.860. The lowest BCUT2D eigenvalue weighted by Crippen LogP contribution is -2.12. The summed E-state index contributed by atoms with van der Waals surface area (Å²) in [6.07, 6.45) is 0. The lowest BCUT2D eigenvalue weighted by Gasteiger charge is -2.12. The van der Waals surface area contributed by atoms with E-state index in [1.165, 1.54) is 34.9 Å². The number of benzene rings is 2. The van der Waals surface area contributed by atoms with E-state index < -0.39 is 0 Å². The van der Waals surface area contributed by atoms with E-state index in [2.05, 4.69) is 26.0 Å². The first kappa shape index (κ1) is 13.8. The normalized spacial score (nSPS) is 15.5. The van der Waals surface area contributed by atoms with Gasteiger partial charge in [-0.15, -0.1) is 0 Å². The van der Waals surface area contributed by atoms with Crippen LogP contribution in [-0.4, -0.2) is 19.6 Å².